The number of hydroxylamine groups is 1. The highest BCUT2D eigenvalue weighted by Crippen LogP contribution is 2.23. The van der Waals surface area contributed by atoms with Gasteiger partial charge in [-0.25, -0.2) is 14.7 Å². The number of aromatic nitrogens is 1. The summed E-state index contributed by atoms with van der Waals surface area (Å²) in [7, 11) is 0. The average Bonchev–Trinajstić information content (AvgIpc) is 2.46. The molecule has 0 spiro atoms. The van der Waals surface area contributed by atoms with Crippen LogP contribution in [0.3, 0.4) is 0 Å². The van der Waals surface area contributed by atoms with Gasteiger partial charge in [-0.05, 0) is 18.2 Å². The van der Waals surface area contributed by atoms with Crippen LogP contribution in [0.2, 0.25) is 0 Å². The maximum atomic E-state index is 11.5. The standard InChI is InChI=1S/C13H10N2O5/c16-9-19-12(17)5-6-13(18)20-15-8-2-3-10-11(15)4-1-7-14-10/h1-7,9H,8H2/p+1/b6-5+. The normalized spacial score (nSPS) is 12.9. The summed E-state index contributed by atoms with van der Waals surface area (Å²) in [6.07, 6.45) is 6.91. The second-order valence-corrected chi connectivity index (χ2v) is 3.65. The molecule has 0 unspecified atom stereocenters. The van der Waals surface area contributed by atoms with E-state index in [1.54, 1.807) is 24.4 Å². The maximum Gasteiger partial charge on any atom is 1.00 e. The highest BCUT2D eigenvalue weighted by atomic mass is 16.7. The number of carbonyl (C=O) groups is 3. The summed E-state index contributed by atoms with van der Waals surface area (Å²) >= 11 is 0. The Morgan fingerprint density at radius 2 is 2.15 bits per heavy atom. The molecule has 0 aliphatic carbocycles. The van der Waals surface area contributed by atoms with Gasteiger partial charge in [0.25, 0.3) is 0 Å². The van der Waals surface area contributed by atoms with Crippen LogP contribution in [0.4, 0.5) is 5.69 Å². The van der Waals surface area contributed by atoms with Crippen molar-refractivity contribution in [3.63, 3.8) is 0 Å². The van der Waals surface area contributed by atoms with Crippen LogP contribution in [0.1, 0.15) is 7.12 Å². The molecule has 1 aliphatic rings. The van der Waals surface area contributed by atoms with Crippen LogP contribution in [0.5, 0.6) is 0 Å². The average molecular weight is 275 g/mol. The van der Waals surface area contributed by atoms with E-state index in [1.165, 1.54) is 5.06 Å². The van der Waals surface area contributed by atoms with Gasteiger partial charge in [-0.1, -0.05) is 6.08 Å². The van der Waals surface area contributed by atoms with Gasteiger partial charge in [-0.3, -0.25) is 9.78 Å². The number of ether oxygens (including phenoxy) is 1. The van der Waals surface area contributed by atoms with Gasteiger partial charge in [-0.2, -0.15) is 0 Å². The van der Waals surface area contributed by atoms with Crippen LogP contribution in [-0.2, 0) is 24.0 Å². The molecule has 102 valence electrons. The molecule has 0 aromatic carbocycles. The molecule has 2 heterocycles. The largest absolute Gasteiger partial charge is 1.00 e. The van der Waals surface area contributed by atoms with Crippen LogP contribution < -0.4 is 5.06 Å². The summed E-state index contributed by atoms with van der Waals surface area (Å²) in [6.45, 7) is 0.354. The Bertz CT molecular complexity index is 600. The molecule has 7 nitrogen and oxygen atoms in total. The first kappa shape index (κ1) is 13.5. The molecule has 2 rings (SSSR count). The Hall–Kier alpha value is -2.96. The van der Waals surface area contributed by atoms with Gasteiger partial charge in [0.2, 0.25) is 0 Å². The molecule has 0 saturated carbocycles. The molecule has 1 aromatic rings. The molecule has 0 N–H and O–H groups in total. The van der Waals surface area contributed by atoms with Crippen molar-refractivity contribution < 1.29 is 25.4 Å². The minimum Gasteiger partial charge on any atom is -0.392 e. The zero-order valence-electron chi connectivity index (χ0n) is 11.3. The van der Waals surface area contributed by atoms with E-state index in [4.69, 9.17) is 4.84 Å². The molecule has 0 bridgehead atoms. The van der Waals surface area contributed by atoms with Crippen LogP contribution in [0.25, 0.3) is 6.08 Å². The van der Waals surface area contributed by atoms with Crippen molar-refractivity contribution in [1.29, 1.82) is 0 Å². The van der Waals surface area contributed by atoms with Crippen molar-refractivity contribution in [3.8, 4) is 0 Å². The minimum absolute atomic E-state index is 0. The number of hydrogen-bond acceptors (Lipinski definition) is 7. The van der Waals surface area contributed by atoms with E-state index >= 15 is 0 Å². The Kier molecular flexibility index (Phi) is 4.23. The fraction of sp³-hybridized carbons (Fsp3) is 0.0769. The molecule has 0 radical (unpaired) electrons. The second-order valence-electron chi connectivity index (χ2n) is 3.65. The van der Waals surface area contributed by atoms with E-state index in [2.05, 4.69) is 9.72 Å². The quantitative estimate of drug-likeness (QED) is 0.346. The number of anilines is 1. The van der Waals surface area contributed by atoms with Gasteiger partial charge >= 0.3 is 19.8 Å². The number of esters is 1. The predicted octanol–water partition coefficient (Wildman–Crippen LogP) is 0.741. The van der Waals surface area contributed by atoms with E-state index in [0.29, 0.717) is 17.9 Å². The van der Waals surface area contributed by atoms with Crippen molar-refractivity contribution in [3.05, 3.63) is 42.3 Å². The lowest BCUT2D eigenvalue weighted by Gasteiger charge is -2.24. The molecule has 7 heteroatoms. The third kappa shape index (κ3) is 3.29. The molecule has 1 aromatic heterocycles. The zero-order chi connectivity index (χ0) is 14.4. The third-order valence-electron chi connectivity index (χ3n) is 2.35. The first-order valence-electron chi connectivity index (χ1n) is 5.64. The van der Waals surface area contributed by atoms with E-state index in [9.17, 15) is 14.4 Å². The topological polar surface area (TPSA) is 85.8 Å². The monoisotopic (exact) mass is 275 g/mol. The molecule has 0 fully saturated rings. The molecule has 1 aliphatic heterocycles. The summed E-state index contributed by atoms with van der Waals surface area (Å²) < 4.78 is 3.99. The summed E-state index contributed by atoms with van der Waals surface area (Å²) in [5.74, 6) is -1.71. The lowest BCUT2D eigenvalue weighted by Crippen LogP contribution is -2.29. The van der Waals surface area contributed by atoms with Gasteiger partial charge in [-0.15, -0.1) is 0 Å². The molecule has 0 atom stereocenters. The number of hydrogen-bond donors (Lipinski definition) is 0. The third-order valence-corrected chi connectivity index (χ3v) is 2.35. The molecule has 0 amide bonds. The van der Waals surface area contributed by atoms with Crippen molar-refractivity contribution in [1.82, 2.24) is 4.98 Å². The Morgan fingerprint density at radius 1 is 1.35 bits per heavy atom. The molecule has 0 saturated heterocycles. The van der Waals surface area contributed by atoms with E-state index in [1.807, 2.05) is 6.08 Å². The number of rotatable bonds is 4. The highest BCUT2D eigenvalue weighted by Gasteiger charge is 2.16. The van der Waals surface area contributed by atoms with Gasteiger partial charge in [0.15, 0.2) is 0 Å². The SMILES string of the molecule is O=COC(=O)/C=C/C(=O)ON1CC=Cc2ncccc21.[H+]. The van der Waals surface area contributed by atoms with Crippen molar-refractivity contribution in [2.24, 2.45) is 0 Å². The number of pyridine rings is 1. The lowest BCUT2D eigenvalue weighted by molar-refractivity contribution is -0.148. The fourth-order valence-corrected chi connectivity index (χ4v) is 1.56. The van der Waals surface area contributed by atoms with Crippen molar-refractivity contribution >= 4 is 30.2 Å². The Balaban J connectivity index is 0.00000220. The first-order valence-corrected chi connectivity index (χ1v) is 5.64. The van der Waals surface area contributed by atoms with Crippen molar-refractivity contribution in [2.45, 2.75) is 0 Å². The van der Waals surface area contributed by atoms with Gasteiger partial charge in [0, 0.05) is 18.3 Å². The van der Waals surface area contributed by atoms with E-state index in [0.717, 1.165) is 12.2 Å². The smallest absolute Gasteiger partial charge is 0.392 e. The van der Waals surface area contributed by atoms with Gasteiger partial charge < -0.3 is 9.57 Å². The summed E-state index contributed by atoms with van der Waals surface area (Å²) in [5, 5.41) is 1.35. The second kappa shape index (κ2) is 6.28. The number of nitrogens with zero attached hydrogens (tertiary/aromatic N) is 2. The van der Waals surface area contributed by atoms with Gasteiger partial charge in [0.1, 0.15) is 5.69 Å². The number of fused-ring (bicyclic) bond motifs is 1. The minimum atomic E-state index is -0.947. The fourth-order valence-electron chi connectivity index (χ4n) is 1.56. The molecule has 20 heavy (non-hydrogen) atoms. The maximum absolute atomic E-state index is 11.5. The Labute approximate surface area is 115 Å². The van der Waals surface area contributed by atoms with Crippen LogP contribution in [0.15, 0.2) is 36.6 Å². The van der Waals surface area contributed by atoms with Crippen LogP contribution >= 0.6 is 0 Å². The Morgan fingerprint density at radius 3 is 2.95 bits per heavy atom. The molecular weight excluding hydrogens is 264 g/mol. The van der Waals surface area contributed by atoms with Gasteiger partial charge in [0.05, 0.1) is 12.2 Å². The van der Waals surface area contributed by atoms with Crippen molar-refractivity contribution in [2.75, 3.05) is 11.6 Å². The molecular formula is C13H11N2O5+. The lowest BCUT2D eigenvalue weighted by atomic mass is 10.2. The van der Waals surface area contributed by atoms with E-state index in [-0.39, 0.29) is 7.90 Å². The highest BCUT2D eigenvalue weighted by molar-refractivity contribution is 5.94. The predicted molar refractivity (Wildman–Crippen MR) is 69.1 cm³/mol. The van der Waals surface area contributed by atoms with E-state index < -0.39 is 11.9 Å². The summed E-state index contributed by atoms with van der Waals surface area (Å²) in [6, 6.07) is 3.47. The summed E-state index contributed by atoms with van der Waals surface area (Å²) in [4.78, 5) is 41.5. The van der Waals surface area contributed by atoms with Crippen LogP contribution in [0, 0.1) is 0 Å². The number of carbonyl (C=O) groups excluding carboxylic acids is 3. The zero-order valence-corrected chi connectivity index (χ0v) is 10.3. The van der Waals surface area contributed by atoms with Crippen LogP contribution in [-0.4, -0.2) is 29.9 Å². The first-order chi connectivity index (χ1) is 9.70. The summed E-state index contributed by atoms with van der Waals surface area (Å²) in [5.41, 5.74) is 1.32.